The normalized spacial score (nSPS) is 13.1. The van der Waals surface area contributed by atoms with E-state index in [1.54, 1.807) is 12.1 Å². The molecule has 1 atom stereocenters. The molecule has 0 saturated carbocycles. The lowest BCUT2D eigenvalue weighted by Crippen LogP contribution is -2.25. The molecule has 0 aromatic heterocycles. The Hall–Kier alpha value is -0.640. The molecule has 0 heterocycles. The predicted molar refractivity (Wildman–Crippen MR) is 70.6 cm³/mol. The maximum absolute atomic E-state index is 13.5. The van der Waals surface area contributed by atoms with Crippen LogP contribution in [-0.4, -0.2) is 25.0 Å². The molecule has 17 heavy (non-hydrogen) atoms. The first kappa shape index (κ1) is 14.4. The molecule has 0 radical (unpaired) electrons. The summed E-state index contributed by atoms with van der Waals surface area (Å²) < 4.78 is 13.5. The van der Waals surface area contributed by atoms with Crippen molar-refractivity contribution in [3.05, 3.63) is 34.6 Å². The molecule has 1 aromatic rings. The smallest absolute Gasteiger partial charge is 0.127 e. The van der Waals surface area contributed by atoms with E-state index < -0.39 is 0 Å². The van der Waals surface area contributed by atoms with Gasteiger partial charge in [0, 0.05) is 23.7 Å². The van der Waals surface area contributed by atoms with Crippen molar-refractivity contribution in [3.8, 4) is 0 Å². The van der Waals surface area contributed by atoms with E-state index in [1.807, 2.05) is 7.05 Å². The zero-order chi connectivity index (χ0) is 12.8. The second-order valence-corrected chi connectivity index (χ2v) is 5.05. The molecule has 0 fully saturated rings. The van der Waals surface area contributed by atoms with Crippen LogP contribution in [-0.2, 0) is 6.54 Å². The first-order chi connectivity index (χ1) is 8.02. The fraction of sp³-hybridized carbons (Fsp3) is 0.538. The van der Waals surface area contributed by atoms with E-state index in [2.05, 4.69) is 11.8 Å². The predicted octanol–water partition coefficient (Wildman–Crippen LogP) is 2.90. The Kier molecular flexibility index (Phi) is 5.89. The SMILES string of the molecule is CC(CCN)CN(C)Cc1cc(Cl)ccc1F. The number of nitrogens with zero attached hydrogens (tertiary/aromatic N) is 1. The van der Waals surface area contributed by atoms with Crippen LogP contribution in [0.1, 0.15) is 18.9 Å². The summed E-state index contributed by atoms with van der Waals surface area (Å²) in [5.41, 5.74) is 6.14. The molecule has 0 amide bonds. The van der Waals surface area contributed by atoms with Gasteiger partial charge in [0.15, 0.2) is 0 Å². The van der Waals surface area contributed by atoms with Gasteiger partial charge in [0.05, 0.1) is 0 Å². The van der Waals surface area contributed by atoms with Gasteiger partial charge in [0.2, 0.25) is 0 Å². The van der Waals surface area contributed by atoms with Crippen LogP contribution < -0.4 is 5.73 Å². The third-order valence-electron chi connectivity index (χ3n) is 2.73. The van der Waals surface area contributed by atoms with Crippen LogP contribution in [0.4, 0.5) is 4.39 Å². The van der Waals surface area contributed by atoms with Gasteiger partial charge < -0.3 is 10.6 Å². The number of benzene rings is 1. The Balaban J connectivity index is 2.55. The highest BCUT2D eigenvalue weighted by molar-refractivity contribution is 6.30. The van der Waals surface area contributed by atoms with E-state index in [9.17, 15) is 4.39 Å². The summed E-state index contributed by atoms with van der Waals surface area (Å²) in [6.07, 6.45) is 0.988. The minimum atomic E-state index is -0.201. The molecule has 2 nitrogen and oxygen atoms in total. The Morgan fingerprint density at radius 3 is 2.82 bits per heavy atom. The molecule has 0 bridgehead atoms. The van der Waals surface area contributed by atoms with Gasteiger partial charge in [-0.2, -0.15) is 0 Å². The van der Waals surface area contributed by atoms with Crippen molar-refractivity contribution < 1.29 is 4.39 Å². The summed E-state index contributed by atoms with van der Waals surface area (Å²) in [6, 6.07) is 4.66. The quantitative estimate of drug-likeness (QED) is 0.850. The average molecular weight is 259 g/mol. The lowest BCUT2D eigenvalue weighted by atomic mass is 10.1. The molecule has 1 rings (SSSR count). The topological polar surface area (TPSA) is 29.3 Å². The Morgan fingerprint density at radius 2 is 2.18 bits per heavy atom. The minimum absolute atomic E-state index is 0.201. The summed E-state index contributed by atoms with van der Waals surface area (Å²) in [7, 11) is 1.98. The number of hydrogen-bond donors (Lipinski definition) is 1. The molecule has 2 N–H and O–H groups in total. The van der Waals surface area contributed by atoms with Crippen molar-refractivity contribution in [2.45, 2.75) is 19.9 Å². The highest BCUT2D eigenvalue weighted by Gasteiger charge is 2.09. The number of rotatable bonds is 6. The fourth-order valence-corrected chi connectivity index (χ4v) is 2.12. The maximum atomic E-state index is 13.5. The van der Waals surface area contributed by atoms with Gasteiger partial charge in [-0.05, 0) is 44.1 Å². The van der Waals surface area contributed by atoms with Gasteiger partial charge in [-0.3, -0.25) is 0 Å². The summed E-state index contributed by atoms with van der Waals surface area (Å²) in [5, 5.41) is 0.574. The van der Waals surface area contributed by atoms with Crippen LogP contribution in [0.3, 0.4) is 0 Å². The lowest BCUT2D eigenvalue weighted by molar-refractivity contribution is 0.269. The summed E-state index contributed by atoms with van der Waals surface area (Å²) in [6.45, 7) is 4.32. The van der Waals surface area contributed by atoms with Crippen molar-refractivity contribution >= 4 is 11.6 Å². The molecule has 0 aliphatic rings. The minimum Gasteiger partial charge on any atom is -0.330 e. The van der Waals surface area contributed by atoms with Crippen molar-refractivity contribution in [2.24, 2.45) is 11.7 Å². The highest BCUT2D eigenvalue weighted by Crippen LogP contribution is 2.16. The molecule has 1 unspecified atom stereocenters. The van der Waals surface area contributed by atoms with Gasteiger partial charge in [0.25, 0.3) is 0 Å². The summed E-state index contributed by atoms with van der Waals surface area (Å²) in [4.78, 5) is 2.09. The average Bonchev–Trinajstić information content (AvgIpc) is 2.23. The zero-order valence-corrected chi connectivity index (χ0v) is 11.2. The van der Waals surface area contributed by atoms with Gasteiger partial charge in [-0.25, -0.2) is 4.39 Å². The van der Waals surface area contributed by atoms with E-state index in [0.717, 1.165) is 13.0 Å². The van der Waals surface area contributed by atoms with Crippen molar-refractivity contribution in [1.82, 2.24) is 4.90 Å². The Labute approximate surface area is 108 Å². The lowest BCUT2D eigenvalue weighted by Gasteiger charge is -2.21. The van der Waals surface area contributed by atoms with E-state index in [4.69, 9.17) is 17.3 Å². The monoisotopic (exact) mass is 258 g/mol. The molecular formula is C13H20ClFN2. The molecule has 96 valence electrons. The zero-order valence-electron chi connectivity index (χ0n) is 10.4. The molecule has 0 aliphatic carbocycles. The number of hydrogen-bond acceptors (Lipinski definition) is 2. The Morgan fingerprint density at radius 1 is 1.47 bits per heavy atom. The van der Waals surface area contributed by atoms with Gasteiger partial charge in [-0.15, -0.1) is 0 Å². The first-order valence-electron chi connectivity index (χ1n) is 5.85. The van der Waals surface area contributed by atoms with Crippen LogP contribution in [0.5, 0.6) is 0 Å². The first-order valence-corrected chi connectivity index (χ1v) is 6.23. The largest absolute Gasteiger partial charge is 0.330 e. The van der Waals surface area contributed by atoms with Gasteiger partial charge >= 0.3 is 0 Å². The molecule has 0 spiro atoms. The summed E-state index contributed by atoms with van der Waals surface area (Å²) >= 11 is 5.85. The van der Waals surface area contributed by atoms with E-state index >= 15 is 0 Å². The maximum Gasteiger partial charge on any atom is 0.127 e. The fourth-order valence-electron chi connectivity index (χ4n) is 1.93. The van der Waals surface area contributed by atoms with Gasteiger partial charge in [0.1, 0.15) is 5.82 Å². The van der Waals surface area contributed by atoms with Crippen LogP contribution in [0.15, 0.2) is 18.2 Å². The van der Waals surface area contributed by atoms with Gasteiger partial charge in [-0.1, -0.05) is 18.5 Å². The van der Waals surface area contributed by atoms with Crippen molar-refractivity contribution in [3.63, 3.8) is 0 Å². The van der Waals surface area contributed by atoms with Crippen LogP contribution in [0.2, 0.25) is 5.02 Å². The standard InChI is InChI=1S/C13H20ClFN2/c1-10(5-6-16)8-17(2)9-11-7-12(14)3-4-13(11)15/h3-4,7,10H,5-6,8-9,16H2,1-2H3. The molecule has 0 saturated heterocycles. The second kappa shape index (κ2) is 6.94. The van der Waals surface area contributed by atoms with Crippen molar-refractivity contribution in [2.75, 3.05) is 20.1 Å². The second-order valence-electron chi connectivity index (χ2n) is 4.62. The van der Waals surface area contributed by atoms with Crippen LogP contribution >= 0.6 is 11.6 Å². The van der Waals surface area contributed by atoms with E-state index in [0.29, 0.717) is 29.6 Å². The molecular weight excluding hydrogens is 239 g/mol. The number of halogens is 2. The van der Waals surface area contributed by atoms with Crippen LogP contribution in [0, 0.1) is 11.7 Å². The molecule has 1 aromatic carbocycles. The third-order valence-corrected chi connectivity index (χ3v) is 2.97. The molecule has 0 aliphatic heterocycles. The number of nitrogens with two attached hydrogens (primary N) is 1. The van der Waals surface area contributed by atoms with E-state index in [1.165, 1.54) is 6.07 Å². The van der Waals surface area contributed by atoms with Crippen LogP contribution in [0.25, 0.3) is 0 Å². The molecule has 4 heteroatoms. The van der Waals surface area contributed by atoms with E-state index in [-0.39, 0.29) is 5.82 Å². The Bertz CT molecular complexity index is 357. The highest BCUT2D eigenvalue weighted by atomic mass is 35.5. The van der Waals surface area contributed by atoms with Crippen molar-refractivity contribution in [1.29, 1.82) is 0 Å². The third kappa shape index (κ3) is 5.02. The summed E-state index contributed by atoms with van der Waals surface area (Å²) in [5.74, 6) is 0.319.